The van der Waals surface area contributed by atoms with Gasteiger partial charge in [0.1, 0.15) is 23.2 Å². The number of nitrogens with one attached hydrogen (secondary N) is 2. The molecule has 1 aliphatic rings. The molecule has 1 aromatic heterocycles. The Labute approximate surface area is 166 Å². The van der Waals surface area contributed by atoms with Crippen LogP contribution < -0.4 is 15.4 Å². The molecule has 28 heavy (non-hydrogen) atoms. The molecule has 0 spiro atoms. The predicted molar refractivity (Wildman–Crippen MR) is 114 cm³/mol. The van der Waals surface area contributed by atoms with E-state index in [0.29, 0.717) is 6.04 Å². The van der Waals surface area contributed by atoms with E-state index in [1.165, 1.54) is 11.1 Å². The van der Waals surface area contributed by atoms with Gasteiger partial charge in [-0.25, -0.2) is 9.97 Å². The summed E-state index contributed by atoms with van der Waals surface area (Å²) in [6, 6.07) is 18.8. The number of anilines is 3. The number of benzene rings is 2. The standard InChI is InChI=1S/C23H26N4O/c1-16-24-22(26-19-8-4-3-5-9-19)15-23(25-16)27-20-10-6-7-17-11-12-21(28-2)14-18(17)13-20/h3-5,8-9,11-12,14-15,20H,6-7,10,13H2,1-2H3,(H2,24,25,26,27). The summed E-state index contributed by atoms with van der Waals surface area (Å²) < 4.78 is 5.41. The topological polar surface area (TPSA) is 59.1 Å². The second kappa shape index (κ2) is 8.30. The van der Waals surface area contributed by atoms with E-state index in [2.05, 4.69) is 38.8 Å². The Morgan fingerprint density at radius 2 is 1.79 bits per heavy atom. The van der Waals surface area contributed by atoms with Gasteiger partial charge in [-0.05, 0) is 68.0 Å². The fourth-order valence-electron chi connectivity index (χ4n) is 3.78. The van der Waals surface area contributed by atoms with Crippen LogP contribution in [-0.4, -0.2) is 23.1 Å². The highest BCUT2D eigenvalue weighted by Gasteiger charge is 2.18. The van der Waals surface area contributed by atoms with Crippen molar-refractivity contribution >= 4 is 17.3 Å². The number of hydrogen-bond acceptors (Lipinski definition) is 5. The average molecular weight is 374 g/mol. The molecule has 0 saturated heterocycles. The monoisotopic (exact) mass is 374 g/mol. The lowest BCUT2D eigenvalue weighted by molar-refractivity contribution is 0.414. The molecule has 2 N–H and O–H groups in total. The molecular formula is C23H26N4O. The van der Waals surface area contributed by atoms with Gasteiger partial charge in [0.05, 0.1) is 7.11 Å². The van der Waals surface area contributed by atoms with Crippen LogP contribution in [0.1, 0.15) is 29.8 Å². The second-order valence-corrected chi connectivity index (χ2v) is 7.25. The van der Waals surface area contributed by atoms with Crippen LogP contribution in [0.5, 0.6) is 5.75 Å². The highest BCUT2D eigenvalue weighted by Crippen LogP contribution is 2.27. The first-order valence-corrected chi connectivity index (χ1v) is 9.80. The van der Waals surface area contributed by atoms with Crippen molar-refractivity contribution in [3.05, 3.63) is 71.5 Å². The smallest absolute Gasteiger partial charge is 0.136 e. The maximum atomic E-state index is 5.41. The maximum Gasteiger partial charge on any atom is 0.136 e. The van der Waals surface area contributed by atoms with Crippen LogP contribution in [0, 0.1) is 6.92 Å². The molecule has 1 unspecified atom stereocenters. The third kappa shape index (κ3) is 4.42. The van der Waals surface area contributed by atoms with Crippen LogP contribution in [0.25, 0.3) is 0 Å². The Bertz CT molecular complexity index is 943. The van der Waals surface area contributed by atoms with Crippen LogP contribution in [0.4, 0.5) is 17.3 Å². The van der Waals surface area contributed by atoms with Gasteiger partial charge >= 0.3 is 0 Å². The minimum atomic E-state index is 0.340. The Hall–Kier alpha value is -3.08. The van der Waals surface area contributed by atoms with Crippen molar-refractivity contribution < 1.29 is 4.74 Å². The number of hydrogen-bond donors (Lipinski definition) is 2. The largest absolute Gasteiger partial charge is 0.497 e. The molecule has 5 nitrogen and oxygen atoms in total. The van der Waals surface area contributed by atoms with Gasteiger partial charge in [-0.3, -0.25) is 0 Å². The summed E-state index contributed by atoms with van der Waals surface area (Å²) in [6.45, 7) is 1.93. The lowest BCUT2D eigenvalue weighted by Gasteiger charge is -2.19. The summed E-state index contributed by atoms with van der Waals surface area (Å²) in [5, 5.41) is 6.99. The number of para-hydroxylation sites is 1. The normalized spacial score (nSPS) is 16.0. The van der Waals surface area contributed by atoms with E-state index < -0.39 is 0 Å². The Kier molecular flexibility index (Phi) is 5.42. The summed E-state index contributed by atoms with van der Waals surface area (Å²) in [7, 11) is 1.72. The molecule has 3 aromatic rings. The van der Waals surface area contributed by atoms with Crippen molar-refractivity contribution in [3.63, 3.8) is 0 Å². The molecule has 1 heterocycles. The van der Waals surface area contributed by atoms with E-state index in [0.717, 1.165) is 54.6 Å². The zero-order valence-corrected chi connectivity index (χ0v) is 16.4. The quantitative estimate of drug-likeness (QED) is 0.622. The first-order valence-electron chi connectivity index (χ1n) is 9.80. The molecular weight excluding hydrogens is 348 g/mol. The van der Waals surface area contributed by atoms with Gasteiger partial charge in [0.25, 0.3) is 0 Å². The summed E-state index contributed by atoms with van der Waals surface area (Å²) in [5.74, 6) is 3.34. The zero-order chi connectivity index (χ0) is 19.3. The molecule has 5 heteroatoms. The molecule has 0 bridgehead atoms. The number of aromatic nitrogens is 2. The van der Waals surface area contributed by atoms with Crippen LogP contribution in [-0.2, 0) is 12.8 Å². The van der Waals surface area contributed by atoms with E-state index >= 15 is 0 Å². The Morgan fingerprint density at radius 3 is 2.61 bits per heavy atom. The number of ether oxygens (including phenoxy) is 1. The van der Waals surface area contributed by atoms with Gasteiger partial charge in [-0.1, -0.05) is 24.3 Å². The molecule has 4 rings (SSSR count). The molecule has 0 amide bonds. The van der Waals surface area contributed by atoms with Crippen molar-refractivity contribution in [1.29, 1.82) is 0 Å². The molecule has 0 saturated carbocycles. The number of nitrogens with zero attached hydrogens (tertiary/aromatic N) is 2. The predicted octanol–water partition coefficient (Wildman–Crippen LogP) is 4.90. The third-order valence-corrected chi connectivity index (χ3v) is 5.11. The van der Waals surface area contributed by atoms with Crippen molar-refractivity contribution in [2.75, 3.05) is 17.7 Å². The number of fused-ring (bicyclic) bond motifs is 1. The van der Waals surface area contributed by atoms with Crippen LogP contribution in [0.3, 0.4) is 0 Å². The fraction of sp³-hybridized carbons (Fsp3) is 0.304. The van der Waals surface area contributed by atoms with E-state index in [1.807, 2.05) is 43.3 Å². The fourth-order valence-corrected chi connectivity index (χ4v) is 3.78. The van der Waals surface area contributed by atoms with Crippen LogP contribution in [0.2, 0.25) is 0 Å². The van der Waals surface area contributed by atoms with Crippen LogP contribution in [0.15, 0.2) is 54.6 Å². The number of aryl methyl sites for hydroxylation is 2. The first kappa shape index (κ1) is 18.3. The molecule has 144 valence electrons. The summed E-state index contributed by atoms with van der Waals surface area (Å²) >= 11 is 0. The summed E-state index contributed by atoms with van der Waals surface area (Å²) in [4.78, 5) is 9.12. The van der Waals surface area contributed by atoms with Gasteiger partial charge < -0.3 is 15.4 Å². The van der Waals surface area contributed by atoms with Gasteiger partial charge in [0, 0.05) is 17.8 Å². The van der Waals surface area contributed by atoms with Gasteiger partial charge in [0.15, 0.2) is 0 Å². The van der Waals surface area contributed by atoms with Crippen LogP contribution >= 0.6 is 0 Å². The minimum Gasteiger partial charge on any atom is -0.497 e. The zero-order valence-electron chi connectivity index (χ0n) is 16.4. The molecule has 2 aromatic carbocycles. The van der Waals surface area contributed by atoms with E-state index in [-0.39, 0.29) is 0 Å². The molecule has 0 aliphatic heterocycles. The third-order valence-electron chi connectivity index (χ3n) is 5.11. The Morgan fingerprint density at radius 1 is 0.964 bits per heavy atom. The van der Waals surface area contributed by atoms with Crippen molar-refractivity contribution in [2.24, 2.45) is 0 Å². The highest BCUT2D eigenvalue weighted by atomic mass is 16.5. The van der Waals surface area contributed by atoms with Gasteiger partial charge in [-0.2, -0.15) is 0 Å². The minimum absolute atomic E-state index is 0.340. The van der Waals surface area contributed by atoms with Crippen molar-refractivity contribution in [2.45, 2.75) is 38.6 Å². The van der Waals surface area contributed by atoms with E-state index in [1.54, 1.807) is 7.11 Å². The molecule has 1 atom stereocenters. The van der Waals surface area contributed by atoms with Gasteiger partial charge in [0.2, 0.25) is 0 Å². The lowest BCUT2D eigenvalue weighted by atomic mass is 10.0. The van der Waals surface area contributed by atoms with E-state index in [4.69, 9.17) is 4.74 Å². The Balaban J connectivity index is 1.51. The number of methoxy groups -OCH3 is 1. The lowest BCUT2D eigenvalue weighted by Crippen LogP contribution is -2.22. The average Bonchev–Trinajstić information content (AvgIpc) is 2.89. The highest BCUT2D eigenvalue weighted by molar-refractivity contribution is 5.59. The molecule has 1 aliphatic carbocycles. The van der Waals surface area contributed by atoms with Gasteiger partial charge in [-0.15, -0.1) is 0 Å². The second-order valence-electron chi connectivity index (χ2n) is 7.25. The summed E-state index contributed by atoms with van der Waals surface area (Å²) in [5.41, 5.74) is 3.81. The maximum absolute atomic E-state index is 5.41. The SMILES string of the molecule is COc1ccc2c(c1)CC(Nc1cc(Nc3ccccc3)nc(C)n1)CCC2. The molecule has 0 fully saturated rings. The summed E-state index contributed by atoms with van der Waals surface area (Å²) in [6.07, 6.45) is 4.36. The van der Waals surface area contributed by atoms with E-state index in [9.17, 15) is 0 Å². The molecule has 0 radical (unpaired) electrons. The van der Waals surface area contributed by atoms with Crippen molar-refractivity contribution in [3.8, 4) is 5.75 Å². The first-order chi connectivity index (χ1) is 13.7. The van der Waals surface area contributed by atoms with Crippen molar-refractivity contribution in [1.82, 2.24) is 9.97 Å². The number of rotatable bonds is 5.